The van der Waals surface area contributed by atoms with Gasteiger partial charge in [-0.25, -0.2) is 14.3 Å². The van der Waals surface area contributed by atoms with Crippen molar-refractivity contribution in [3.8, 4) is 11.6 Å². The number of aliphatic hydroxyl groups is 3. The Balaban J connectivity index is 1.30. The van der Waals surface area contributed by atoms with Crippen LogP contribution in [-0.4, -0.2) is 71.5 Å². The zero-order valence-electron chi connectivity index (χ0n) is 29.6. The molecule has 286 valence electrons. The van der Waals surface area contributed by atoms with E-state index in [0.29, 0.717) is 22.3 Å². The number of carbonyl (C=O) groups excluding carboxylic acids is 5. The first-order valence-corrected chi connectivity index (χ1v) is 17.7. The molecule has 1 aliphatic heterocycles. The molecule has 0 saturated heterocycles. The van der Waals surface area contributed by atoms with Gasteiger partial charge >= 0.3 is 11.7 Å². The molecule has 0 spiro atoms. The molecule has 55 heavy (non-hydrogen) atoms. The molecule has 7 N–H and O–H groups in total. The molecule has 2 heterocycles. The van der Waals surface area contributed by atoms with Crippen molar-refractivity contribution in [2.75, 3.05) is 15.5 Å². The third-order valence-corrected chi connectivity index (χ3v) is 9.58. The van der Waals surface area contributed by atoms with Crippen molar-refractivity contribution < 1.29 is 44.4 Å². The van der Waals surface area contributed by atoms with Crippen LogP contribution >= 0.6 is 0 Å². The van der Waals surface area contributed by atoms with E-state index in [1.54, 1.807) is 6.07 Å². The number of benzene rings is 2. The molecule has 17 heteroatoms. The number of hydrogen-bond donors (Lipinski definition) is 7. The predicted octanol–water partition coefficient (Wildman–Crippen LogP) is 3.27. The number of nitrogens with one attached hydrogen (secondary N) is 3. The van der Waals surface area contributed by atoms with E-state index < -0.39 is 80.8 Å². The molecule has 1 unspecified atom stereocenters. The number of carbonyl (C=O) groups is 5. The maximum atomic E-state index is 13.7. The predicted molar refractivity (Wildman–Crippen MR) is 199 cm³/mol. The molecule has 1 aromatic heterocycles. The van der Waals surface area contributed by atoms with Crippen molar-refractivity contribution >= 4 is 58.1 Å². The Morgan fingerprint density at radius 1 is 0.891 bits per heavy atom. The minimum absolute atomic E-state index is 0.0201. The van der Waals surface area contributed by atoms with Crippen molar-refractivity contribution in [1.29, 1.82) is 0 Å². The SMILES string of the molecule is CCCCC(O)CC(=O)Nc1cccc(N2C(=O)/C(=C3\C(=O)C(c4c(O)n(-c5cccc(NC(=O)CC6CCCC6)c5)c(=O)[nH]c4=O)=C3O)C(=O)N=C2O)c1. The highest BCUT2D eigenvalue weighted by molar-refractivity contribution is 6.46. The van der Waals surface area contributed by atoms with E-state index in [1.807, 2.05) is 11.9 Å². The van der Waals surface area contributed by atoms with E-state index in [1.165, 1.54) is 42.5 Å². The van der Waals surface area contributed by atoms with Gasteiger partial charge in [0.2, 0.25) is 23.5 Å². The number of Topliss-reactive ketones (excluding diaryl/α,β-unsaturated/α-hetero) is 1. The zero-order valence-corrected chi connectivity index (χ0v) is 29.6. The van der Waals surface area contributed by atoms with E-state index in [0.717, 1.165) is 38.5 Å². The third kappa shape index (κ3) is 7.73. The van der Waals surface area contributed by atoms with E-state index in [-0.39, 0.29) is 41.0 Å². The van der Waals surface area contributed by atoms with Gasteiger partial charge in [-0.05, 0) is 61.6 Å². The number of unbranched alkanes of at least 4 members (excludes halogenated alkanes) is 1. The topological polar surface area (TPSA) is 261 Å². The number of allylic oxidation sites excluding steroid dienone is 2. The highest BCUT2D eigenvalue weighted by Gasteiger charge is 2.47. The molecule has 2 aromatic carbocycles. The normalized spacial score (nSPS) is 18.0. The number of amides is 4. The Hall–Kier alpha value is -6.62. The molecule has 0 radical (unpaired) electrons. The van der Waals surface area contributed by atoms with Crippen LogP contribution in [0.2, 0.25) is 0 Å². The van der Waals surface area contributed by atoms with Crippen LogP contribution in [0.4, 0.5) is 17.1 Å². The van der Waals surface area contributed by atoms with E-state index in [2.05, 4.69) is 15.6 Å². The second-order valence-corrected chi connectivity index (χ2v) is 13.5. The van der Waals surface area contributed by atoms with Gasteiger partial charge in [0, 0.05) is 17.8 Å². The highest BCUT2D eigenvalue weighted by Crippen LogP contribution is 2.41. The largest absolute Gasteiger partial charge is 0.506 e. The van der Waals surface area contributed by atoms with Crippen molar-refractivity contribution in [2.24, 2.45) is 10.9 Å². The van der Waals surface area contributed by atoms with Crippen LogP contribution in [-0.2, 0) is 24.0 Å². The fraction of sp³-hybridized carbons (Fsp3) is 0.316. The van der Waals surface area contributed by atoms with Gasteiger partial charge in [-0.3, -0.25) is 33.8 Å². The van der Waals surface area contributed by atoms with Gasteiger partial charge < -0.3 is 31.1 Å². The zero-order chi connectivity index (χ0) is 39.6. The summed E-state index contributed by atoms with van der Waals surface area (Å²) in [6.45, 7) is 1.95. The Kier molecular flexibility index (Phi) is 10.9. The van der Waals surface area contributed by atoms with E-state index in [9.17, 15) is 54.0 Å². The van der Waals surface area contributed by atoms with Crippen molar-refractivity contribution in [1.82, 2.24) is 9.55 Å². The molecule has 1 fully saturated rings. The second-order valence-electron chi connectivity index (χ2n) is 13.5. The average molecular weight is 755 g/mol. The maximum absolute atomic E-state index is 13.7. The first-order chi connectivity index (χ1) is 26.3. The first-order valence-electron chi connectivity index (χ1n) is 17.7. The summed E-state index contributed by atoms with van der Waals surface area (Å²) >= 11 is 0. The van der Waals surface area contributed by atoms with Gasteiger partial charge in [0.05, 0.1) is 35.0 Å². The number of nitrogens with zero attached hydrogens (tertiary/aromatic N) is 3. The molecular formula is C38H38N6O11. The number of ketones is 1. The summed E-state index contributed by atoms with van der Waals surface area (Å²) in [7, 11) is 0. The lowest BCUT2D eigenvalue weighted by Gasteiger charge is -2.28. The molecule has 6 rings (SSSR count). The number of aliphatic hydroxyl groups excluding tert-OH is 3. The highest BCUT2D eigenvalue weighted by atomic mass is 16.3. The summed E-state index contributed by atoms with van der Waals surface area (Å²) in [6, 6.07) is 10.2. The average Bonchev–Trinajstić information content (AvgIpc) is 3.63. The van der Waals surface area contributed by atoms with Crippen LogP contribution in [0.15, 0.2) is 80.0 Å². The molecule has 0 bridgehead atoms. The standard InChI is InChI=1S/C38H38N6O11/c1-2-3-14-24(45)18-26(47)40-21-11-7-13-23(17-21)44-36(53)30(34(51)42-38(44)55)28-31(48)27(32(28)49)29-33(50)41-37(54)43(35(29)52)22-12-6-10-20(16-22)39-25(46)15-19-8-4-5-9-19/h6-7,10-13,16-17,19,24,45,48,52H,2-5,8-9,14-15,18H2,1H3,(H,39,46)(H,40,47)(H,41,50,54)(H,42,51,55)/b30-28-. The number of aromatic hydroxyl groups is 1. The Labute approximate surface area is 312 Å². The van der Waals surface area contributed by atoms with Gasteiger partial charge in [-0.1, -0.05) is 44.7 Å². The van der Waals surface area contributed by atoms with Gasteiger partial charge in [0.1, 0.15) is 16.9 Å². The summed E-state index contributed by atoms with van der Waals surface area (Å²) < 4.78 is 0.640. The molecule has 2 aliphatic carbocycles. The van der Waals surface area contributed by atoms with Crippen LogP contribution in [0.25, 0.3) is 11.3 Å². The fourth-order valence-corrected chi connectivity index (χ4v) is 6.90. The Bertz CT molecular complexity index is 2330. The number of amidine groups is 1. The number of hydrogen-bond acceptors (Lipinski definition) is 10. The summed E-state index contributed by atoms with van der Waals surface area (Å²) in [5.74, 6) is -6.51. The quantitative estimate of drug-likeness (QED) is 0.104. The van der Waals surface area contributed by atoms with E-state index in [4.69, 9.17) is 0 Å². The Morgan fingerprint density at radius 2 is 1.53 bits per heavy atom. The lowest BCUT2D eigenvalue weighted by Crippen LogP contribution is -2.45. The van der Waals surface area contributed by atoms with Crippen LogP contribution in [0, 0.1) is 5.92 Å². The minimum atomic E-state index is -1.40. The van der Waals surface area contributed by atoms with Gasteiger partial charge in [0.15, 0.2) is 0 Å². The smallest absolute Gasteiger partial charge is 0.335 e. The molecular weight excluding hydrogens is 716 g/mol. The maximum Gasteiger partial charge on any atom is 0.335 e. The molecule has 1 atom stereocenters. The van der Waals surface area contributed by atoms with Gasteiger partial charge in [-0.15, -0.1) is 0 Å². The first kappa shape index (κ1) is 38.1. The summed E-state index contributed by atoms with van der Waals surface area (Å²) in [4.78, 5) is 97.4. The third-order valence-electron chi connectivity index (χ3n) is 9.58. The minimum Gasteiger partial charge on any atom is -0.506 e. The second kappa shape index (κ2) is 15.8. The van der Waals surface area contributed by atoms with Crippen LogP contribution in [0.1, 0.15) is 70.3 Å². The monoisotopic (exact) mass is 754 g/mol. The number of H-pyrrole nitrogens is 1. The van der Waals surface area contributed by atoms with Gasteiger partial charge in [-0.2, -0.15) is 4.99 Å². The molecule has 3 aliphatic rings. The number of aromatic nitrogens is 2. The summed E-state index contributed by atoms with van der Waals surface area (Å²) in [6.07, 6.45) is 5.27. The fourth-order valence-electron chi connectivity index (χ4n) is 6.90. The van der Waals surface area contributed by atoms with Crippen molar-refractivity contribution in [3.05, 3.63) is 91.8 Å². The number of aliphatic imine (C=N–C) groups is 1. The number of aromatic amines is 1. The van der Waals surface area contributed by atoms with Crippen LogP contribution in [0.3, 0.4) is 0 Å². The van der Waals surface area contributed by atoms with Crippen molar-refractivity contribution in [3.63, 3.8) is 0 Å². The van der Waals surface area contributed by atoms with Crippen molar-refractivity contribution in [2.45, 2.75) is 70.8 Å². The summed E-state index contributed by atoms with van der Waals surface area (Å²) in [5.41, 5.74) is -5.55. The Morgan fingerprint density at radius 3 is 2.18 bits per heavy atom. The van der Waals surface area contributed by atoms with Crippen LogP contribution < -0.4 is 26.8 Å². The number of anilines is 3. The lowest BCUT2D eigenvalue weighted by atomic mass is 9.80. The summed E-state index contributed by atoms with van der Waals surface area (Å²) in [5, 5.41) is 48.3. The van der Waals surface area contributed by atoms with Crippen LogP contribution in [0.5, 0.6) is 5.88 Å². The van der Waals surface area contributed by atoms with E-state index >= 15 is 0 Å². The van der Waals surface area contributed by atoms with Gasteiger partial charge in [0.25, 0.3) is 17.4 Å². The molecule has 3 aromatic rings. The lowest BCUT2D eigenvalue weighted by molar-refractivity contribution is -0.122. The molecule has 17 nitrogen and oxygen atoms in total. The molecule has 4 amide bonds. The molecule has 1 saturated carbocycles. The number of rotatable bonds is 12.